The Kier molecular flexibility index (Phi) is 6.95. The monoisotopic (exact) mass is 621 g/mol. The largest absolute Gasteiger partial charge is 0.431 e. The normalized spacial score (nSPS) is 31.6. The molecule has 2 aromatic rings. The van der Waals surface area contributed by atoms with E-state index < -0.39 is 10.0 Å². The Morgan fingerprint density at radius 2 is 1.68 bits per heavy atom. The van der Waals surface area contributed by atoms with Crippen LogP contribution < -0.4 is 25.9 Å². The molecule has 12 heteroatoms. The summed E-state index contributed by atoms with van der Waals surface area (Å²) in [6.45, 7) is 4.23. The van der Waals surface area contributed by atoms with Gasteiger partial charge in [0.2, 0.25) is 10.0 Å². The highest BCUT2D eigenvalue weighted by atomic mass is 32.2. The average molecular weight is 622 g/mol. The smallest absolute Gasteiger partial charge is 0.368 e. The van der Waals surface area contributed by atoms with E-state index in [0.717, 1.165) is 61.0 Å². The lowest BCUT2D eigenvalue weighted by Gasteiger charge is -2.59. The topological polar surface area (TPSA) is 124 Å². The molecule has 6 fully saturated rings. The molecule has 11 nitrogen and oxygen atoms in total. The first-order valence-corrected chi connectivity index (χ1v) is 17.8. The van der Waals surface area contributed by atoms with Crippen molar-refractivity contribution < 1.29 is 18.0 Å². The van der Waals surface area contributed by atoms with E-state index in [1.54, 1.807) is 9.37 Å². The second kappa shape index (κ2) is 10.8. The third kappa shape index (κ3) is 4.99. The molecule has 5 saturated carbocycles. The van der Waals surface area contributed by atoms with E-state index in [0.29, 0.717) is 51.1 Å². The second-order valence-electron chi connectivity index (χ2n) is 14.0. The standard InChI is InChI=1S/C32H43N7O4S/c33-21-32-17-22-15-23(18-32)30(24(16-22)19-32)35-31(40)43-39-14-13-38(27-3-1-2-4-28(27)39)29-8-5-25(20-34-29)36-9-11-37(12-10-36)44(41,42)26-6-7-26/h1-5,8,20,22-24,26,30H,6-7,9-19,21,33H2,(H,35,40)/t22?,23-,24+,30?,32?. The number of carbonyl (C=O) groups excluding carboxylic acids is 1. The molecule has 1 aromatic heterocycles. The summed E-state index contributed by atoms with van der Waals surface area (Å²) < 4.78 is 26.9. The first kappa shape index (κ1) is 28.4. The molecule has 4 bridgehead atoms. The third-order valence-electron chi connectivity index (χ3n) is 11.2. The van der Waals surface area contributed by atoms with Gasteiger partial charge in [-0.15, -0.1) is 0 Å². The fourth-order valence-electron chi connectivity index (χ4n) is 9.11. The molecular formula is C32H43N7O4S. The summed E-state index contributed by atoms with van der Waals surface area (Å²) in [5.41, 5.74) is 9.26. The molecule has 1 saturated heterocycles. The van der Waals surface area contributed by atoms with Crippen LogP contribution >= 0.6 is 0 Å². The fourth-order valence-corrected chi connectivity index (χ4v) is 10.9. The van der Waals surface area contributed by atoms with Crippen molar-refractivity contribution in [2.45, 2.75) is 56.2 Å². The van der Waals surface area contributed by atoms with Crippen molar-refractivity contribution in [1.29, 1.82) is 0 Å². The Balaban J connectivity index is 0.911. The van der Waals surface area contributed by atoms with Gasteiger partial charge in [0.15, 0.2) is 0 Å². The van der Waals surface area contributed by atoms with Gasteiger partial charge >= 0.3 is 6.09 Å². The molecule has 3 unspecified atom stereocenters. The highest BCUT2D eigenvalue weighted by Gasteiger charge is 2.55. The zero-order chi connectivity index (χ0) is 30.1. The van der Waals surface area contributed by atoms with E-state index >= 15 is 0 Å². The molecule has 236 valence electrons. The van der Waals surface area contributed by atoms with Crippen LogP contribution in [0.2, 0.25) is 0 Å². The zero-order valence-corrected chi connectivity index (χ0v) is 26.0. The van der Waals surface area contributed by atoms with Crippen molar-refractivity contribution in [1.82, 2.24) is 14.6 Å². The lowest BCUT2D eigenvalue weighted by Crippen LogP contribution is -2.61. The number of pyridine rings is 1. The van der Waals surface area contributed by atoms with Crippen LogP contribution in [0.3, 0.4) is 0 Å². The molecule has 3 heterocycles. The van der Waals surface area contributed by atoms with E-state index in [2.05, 4.69) is 21.2 Å². The molecule has 9 rings (SSSR count). The number of rotatable bonds is 7. The molecule has 1 aromatic carbocycles. The lowest BCUT2D eigenvalue weighted by atomic mass is 9.48. The first-order valence-electron chi connectivity index (χ1n) is 16.3. The molecule has 0 radical (unpaired) electrons. The van der Waals surface area contributed by atoms with Crippen LogP contribution in [-0.4, -0.2) is 80.9 Å². The number of nitrogens with one attached hydrogen (secondary N) is 1. The van der Waals surface area contributed by atoms with Gasteiger partial charge in [-0.2, -0.15) is 4.31 Å². The van der Waals surface area contributed by atoms with Crippen LogP contribution in [0.25, 0.3) is 0 Å². The van der Waals surface area contributed by atoms with Gasteiger partial charge < -0.3 is 25.7 Å². The maximum atomic E-state index is 13.2. The van der Waals surface area contributed by atoms with Gasteiger partial charge in [0.1, 0.15) is 5.82 Å². The number of hydrogen-bond donors (Lipinski definition) is 2. The van der Waals surface area contributed by atoms with Crippen LogP contribution in [0.15, 0.2) is 42.6 Å². The molecule has 7 aliphatic rings. The quantitative estimate of drug-likeness (QED) is 0.479. The van der Waals surface area contributed by atoms with Gasteiger partial charge in [0.25, 0.3) is 0 Å². The fraction of sp³-hybridized carbons (Fsp3) is 0.625. The van der Waals surface area contributed by atoms with Crippen LogP contribution in [0.1, 0.15) is 44.9 Å². The zero-order valence-electron chi connectivity index (χ0n) is 25.2. The Morgan fingerprint density at radius 1 is 0.955 bits per heavy atom. The number of para-hydroxylation sites is 2. The van der Waals surface area contributed by atoms with Crippen molar-refractivity contribution in [2.75, 3.05) is 60.7 Å². The van der Waals surface area contributed by atoms with Gasteiger partial charge in [0, 0.05) is 38.8 Å². The summed E-state index contributed by atoms with van der Waals surface area (Å²) >= 11 is 0. The summed E-state index contributed by atoms with van der Waals surface area (Å²) in [5.74, 6) is 2.57. The number of hydrogen-bond acceptors (Lipinski definition) is 9. The minimum absolute atomic E-state index is 0.162. The van der Waals surface area contributed by atoms with Gasteiger partial charge in [-0.1, -0.05) is 12.1 Å². The number of aromatic nitrogens is 1. The number of hydroxylamine groups is 1. The SMILES string of the molecule is NCC12CC3C[C@H](C1)C(NC(=O)ON1CCN(c4ccc(N5CCN(S(=O)(=O)C6CC6)CC5)cn4)c4ccccc41)[C@@H](C3)C2. The molecule has 2 aliphatic heterocycles. The number of piperazine rings is 1. The number of nitrogens with two attached hydrogens (primary N) is 1. The second-order valence-corrected chi connectivity index (χ2v) is 16.2. The summed E-state index contributed by atoms with van der Waals surface area (Å²) in [5, 5.41) is 4.82. The van der Waals surface area contributed by atoms with Gasteiger partial charge in [-0.05, 0) is 98.9 Å². The van der Waals surface area contributed by atoms with Crippen molar-refractivity contribution in [2.24, 2.45) is 28.9 Å². The Hall–Kier alpha value is -3.09. The van der Waals surface area contributed by atoms with Crippen molar-refractivity contribution in [3.63, 3.8) is 0 Å². The Labute approximate surface area is 259 Å². The number of sulfonamides is 1. The van der Waals surface area contributed by atoms with E-state index in [1.165, 1.54) is 19.3 Å². The number of nitrogens with zero attached hydrogens (tertiary/aromatic N) is 5. The third-order valence-corrected chi connectivity index (χ3v) is 13.6. The molecular weight excluding hydrogens is 578 g/mol. The van der Waals surface area contributed by atoms with Gasteiger partial charge in [-0.25, -0.2) is 23.3 Å². The van der Waals surface area contributed by atoms with E-state index in [-0.39, 0.29) is 22.8 Å². The van der Waals surface area contributed by atoms with E-state index in [1.807, 2.05) is 36.5 Å². The minimum Gasteiger partial charge on any atom is -0.368 e. The molecule has 3 N–H and O–H groups in total. The molecule has 0 spiro atoms. The molecule has 1 amide bonds. The van der Waals surface area contributed by atoms with Crippen molar-refractivity contribution >= 4 is 39.0 Å². The van der Waals surface area contributed by atoms with Crippen LogP contribution in [-0.2, 0) is 14.9 Å². The van der Waals surface area contributed by atoms with Crippen LogP contribution in [0.5, 0.6) is 0 Å². The average Bonchev–Trinajstić information content (AvgIpc) is 3.90. The molecule has 44 heavy (non-hydrogen) atoms. The number of amides is 1. The predicted octanol–water partition coefficient (Wildman–Crippen LogP) is 3.45. The molecule has 5 atom stereocenters. The summed E-state index contributed by atoms with van der Waals surface area (Å²) in [7, 11) is -3.13. The van der Waals surface area contributed by atoms with Crippen LogP contribution in [0.4, 0.5) is 27.7 Å². The number of carbonyl (C=O) groups is 1. The summed E-state index contributed by atoms with van der Waals surface area (Å²) in [6, 6.07) is 12.2. The highest BCUT2D eigenvalue weighted by Crippen LogP contribution is 2.59. The Morgan fingerprint density at radius 3 is 2.34 bits per heavy atom. The maximum Gasteiger partial charge on any atom is 0.431 e. The number of benzene rings is 1. The minimum atomic E-state index is -3.13. The molecule has 5 aliphatic carbocycles. The lowest BCUT2D eigenvalue weighted by molar-refractivity contribution is -0.0703. The summed E-state index contributed by atoms with van der Waals surface area (Å²) in [6.07, 6.45) is 8.96. The van der Waals surface area contributed by atoms with Gasteiger partial charge in [-0.3, -0.25) is 0 Å². The number of anilines is 4. The van der Waals surface area contributed by atoms with E-state index in [4.69, 9.17) is 15.6 Å². The van der Waals surface area contributed by atoms with Crippen LogP contribution in [0, 0.1) is 23.2 Å². The van der Waals surface area contributed by atoms with Crippen molar-refractivity contribution in [3.05, 3.63) is 42.6 Å². The Bertz CT molecular complexity index is 1490. The summed E-state index contributed by atoms with van der Waals surface area (Å²) in [4.78, 5) is 28.4. The predicted molar refractivity (Wildman–Crippen MR) is 169 cm³/mol. The van der Waals surface area contributed by atoms with Gasteiger partial charge in [0.05, 0.1) is 35.1 Å². The maximum absolute atomic E-state index is 13.2. The van der Waals surface area contributed by atoms with Crippen molar-refractivity contribution in [3.8, 4) is 0 Å². The number of fused-ring (bicyclic) bond motifs is 1. The first-order chi connectivity index (χ1) is 21.3. The van der Waals surface area contributed by atoms with E-state index in [9.17, 15) is 13.2 Å². The highest BCUT2D eigenvalue weighted by molar-refractivity contribution is 7.90.